The summed E-state index contributed by atoms with van der Waals surface area (Å²) in [6.45, 7) is 6.39. The largest absolute Gasteiger partial charge is 0.292 e. The molecule has 0 spiro atoms. The van der Waals surface area contributed by atoms with Gasteiger partial charge in [0.25, 0.3) is 0 Å². The van der Waals surface area contributed by atoms with E-state index in [1.807, 2.05) is 6.07 Å². The van der Waals surface area contributed by atoms with Crippen molar-refractivity contribution in [3.8, 4) is 17.1 Å². The highest BCUT2D eigenvalue weighted by molar-refractivity contribution is 6.11. The van der Waals surface area contributed by atoms with Crippen molar-refractivity contribution in [1.82, 2.24) is 9.55 Å². The lowest BCUT2D eigenvalue weighted by atomic mass is 9.97. The summed E-state index contributed by atoms with van der Waals surface area (Å²) in [5.41, 5.74) is 10.4. The van der Waals surface area contributed by atoms with Crippen LogP contribution in [0.1, 0.15) is 34.7 Å². The average Bonchev–Trinajstić information content (AvgIpc) is 3.36. The van der Waals surface area contributed by atoms with E-state index < -0.39 is 0 Å². The van der Waals surface area contributed by atoms with Gasteiger partial charge in [-0.2, -0.15) is 0 Å². The number of hydrogen-bond donors (Lipinski definition) is 0. The summed E-state index contributed by atoms with van der Waals surface area (Å²) in [5.74, 6) is 0.953. The first-order valence-corrected chi connectivity index (χ1v) is 13.1. The van der Waals surface area contributed by atoms with Gasteiger partial charge in [0.2, 0.25) is 0 Å². The number of benzene rings is 5. The molecular weight excluding hydrogens is 460 g/mol. The maximum atomic E-state index is 5.31. The zero-order valence-electron chi connectivity index (χ0n) is 22.0. The first-order chi connectivity index (χ1) is 18.6. The van der Waals surface area contributed by atoms with Crippen LogP contribution in [0, 0.1) is 13.8 Å². The maximum Gasteiger partial charge on any atom is 0.145 e. The highest BCUT2D eigenvalue weighted by atomic mass is 15.1. The van der Waals surface area contributed by atoms with E-state index in [1.54, 1.807) is 0 Å². The Balaban J connectivity index is 1.60. The quantitative estimate of drug-likeness (QED) is 0.220. The van der Waals surface area contributed by atoms with Crippen LogP contribution in [0.4, 0.5) is 0 Å². The third kappa shape index (κ3) is 4.25. The Bertz CT molecular complexity index is 1800. The van der Waals surface area contributed by atoms with Crippen LogP contribution in [0.15, 0.2) is 109 Å². The number of aromatic nitrogens is 2. The van der Waals surface area contributed by atoms with Crippen LogP contribution in [-0.4, -0.2) is 9.55 Å². The van der Waals surface area contributed by atoms with Gasteiger partial charge in [0.1, 0.15) is 5.82 Å². The molecule has 5 aromatic carbocycles. The number of allylic oxidation sites excluding steroid dienone is 1. The second-order valence-electron chi connectivity index (χ2n) is 9.75. The fraction of sp³-hybridized carbons (Fsp3) is 0.0833. The van der Waals surface area contributed by atoms with Crippen molar-refractivity contribution in [2.24, 2.45) is 0 Å². The van der Waals surface area contributed by atoms with Gasteiger partial charge in [-0.1, -0.05) is 121 Å². The Morgan fingerprint density at radius 1 is 0.632 bits per heavy atom. The van der Waals surface area contributed by atoms with Gasteiger partial charge in [-0.3, -0.25) is 4.57 Å². The molecule has 184 valence electrons. The Hall–Kier alpha value is -4.69. The second-order valence-corrected chi connectivity index (χ2v) is 9.75. The van der Waals surface area contributed by atoms with E-state index in [-0.39, 0.29) is 0 Å². The summed E-state index contributed by atoms with van der Waals surface area (Å²) in [6.07, 6.45) is 8.61. The lowest BCUT2D eigenvalue weighted by Crippen LogP contribution is -1.99. The number of nitrogens with zero attached hydrogens (tertiary/aromatic N) is 2. The molecule has 0 aliphatic rings. The molecule has 1 aromatic heterocycles. The van der Waals surface area contributed by atoms with Crippen LogP contribution in [0.5, 0.6) is 0 Å². The zero-order valence-corrected chi connectivity index (χ0v) is 22.0. The number of hydrogen-bond acceptors (Lipinski definition) is 1. The Morgan fingerprint density at radius 2 is 1.26 bits per heavy atom. The molecule has 0 saturated carbocycles. The Kier molecular flexibility index (Phi) is 6.23. The summed E-state index contributed by atoms with van der Waals surface area (Å²) in [6, 6.07) is 36.5. The predicted molar refractivity (Wildman–Crippen MR) is 164 cm³/mol. The third-order valence-corrected chi connectivity index (χ3v) is 7.18. The molecule has 0 unspecified atom stereocenters. The zero-order chi connectivity index (χ0) is 26.1. The highest BCUT2D eigenvalue weighted by Crippen LogP contribution is 2.38. The third-order valence-electron chi connectivity index (χ3n) is 7.18. The molecular formula is C36H30N2. The van der Waals surface area contributed by atoms with Gasteiger partial charge in [-0.15, -0.1) is 0 Å². The van der Waals surface area contributed by atoms with Crippen molar-refractivity contribution < 1.29 is 0 Å². The molecule has 1 heterocycles. The van der Waals surface area contributed by atoms with E-state index in [1.165, 1.54) is 33.0 Å². The summed E-state index contributed by atoms with van der Waals surface area (Å²) in [7, 11) is 0. The molecule has 2 heteroatoms. The molecule has 6 rings (SSSR count). The molecule has 0 atom stereocenters. The van der Waals surface area contributed by atoms with E-state index in [0.29, 0.717) is 0 Å². The van der Waals surface area contributed by atoms with E-state index >= 15 is 0 Å². The second kappa shape index (κ2) is 9.99. The normalized spacial score (nSPS) is 11.9. The molecule has 6 aromatic rings. The highest BCUT2D eigenvalue weighted by Gasteiger charge is 2.20. The molecule has 2 nitrogen and oxygen atoms in total. The molecule has 0 saturated heterocycles. The molecule has 0 amide bonds. The van der Waals surface area contributed by atoms with Gasteiger partial charge < -0.3 is 0 Å². The topological polar surface area (TPSA) is 17.8 Å². The minimum Gasteiger partial charge on any atom is -0.292 e. The predicted octanol–water partition coefficient (Wildman–Crippen LogP) is 9.67. The van der Waals surface area contributed by atoms with Gasteiger partial charge in [0.05, 0.1) is 11.0 Å². The van der Waals surface area contributed by atoms with Gasteiger partial charge >= 0.3 is 0 Å². The number of aryl methyl sites for hydroxylation is 2. The Labute approximate surface area is 224 Å². The van der Waals surface area contributed by atoms with Crippen molar-refractivity contribution in [1.29, 1.82) is 0 Å². The summed E-state index contributed by atoms with van der Waals surface area (Å²) in [4.78, 5) is 5.31. The first-order valence-electron chi connectivity index (χ1n) is 13.1. The van der Waals surface area contributed by atoms with E-state index in [2.05, 4.69) is 147 Å². The lowest BCUT2D eigenvalue weighted by molar-refractivity contribution is 1.10. The van der Waals surface area contributed by atoms with Gasteiger partial charge in [0, 0.05) is 22.2 Å². The fourth-order valence-corrected chi connectivity index (χ4v) is 5.21. The number of fused-ring (bicyclic) bond motifs is 3. The van der Waals surface area contributed by atoms with Crippen molar-refractivity contribution in [2.45, 2.75) is 20.8 Å². The molecule has 0 aliphatic carbocycles. The molecule has 0 radical (unpaired) electrons. The van der Waals surface area contributed by atoms with Crippen LogP contribution in [-0.2, 0) is 0 Å². The molecule has 0 aliphatic heterocycles. The van der Waals surface area contributed by atoms with Gasteiger partial charge in [-0.25, -0.2) is 4.98 Å². The number of imidazole rings is 1. The van der Waals surface area contributed by atoms with Crippen molar-refractivity contribution >= 4 is 40.0 Å². The van der Waals surface area contributed by atoms with E-state index in [4.69, 9.17) is 4.98 Å². The fourth-order valence-electron chi connectivity index (χ4n) is 5.21. The van der Waals surface area contributed by atoms with Crippen LogP contribution in [0.2, 0.25) is 0 Å². The SMILES string of the molecule is CC=Cc1c(C)c2ccccc2c2c1nc(-c1ccc(C)cc1)n2-c1ccc(C=Cc2ccccc2)cc1. The van der Waals surface area contributed by atoms with Gasteiger partial charge in [-0.05, 0) is 55.0 Å². The maximum absolute atomic E-state index is 5.31. The first kappa shape index (κ1) is 23.7. The standard InChI is InChI=1S/C36H30N2/c1-4-10-32-26(3)31-13-8-9-14-33(31)35-34(32)37-36(29-21-15-25(2)16-22-29)38(35)30-23-19-28(20-24-30)18-17-27-11-6-5-7-12-27/h4-24H,1-3H3. The van der Waals surface area contributed by atoms with E-state index in [9.17, 15) is 0 Å². The summed E-state index contributed by atoms with van der Waals surface area (Å²) in [5, 5.41) is 2.47. The van der Waals surface area contributed by atoms with Gasteiger partial charge in [0.15, 0.2) is 0 Å². The number of rotatable bonds is 5. The van der Waals surface area contributed by atoms with E-state index in [0.717, 1.165) is 33.7 Å². The minimum absolute atomic E-state index is 0.953. The smallest absolute Gasteiger partial charge is 0.145 e. The molecule has 0 fully saturated rings. The lowest BCUT2D eigenvalue weighted by Gasteiger charge is -2.14. The van der Waals surface area contributed by atoms with Crippen LogP contribution in [0.25, 0.3) is 57.1 Å². The molecule has 38 heavy (non-hydrogen) atoms. The summed E-state index contributed by atoms with van der Waals surface area (Å²) < 4.78 is 2.33. The monoisotopic (exact) mass is 490 g/mol. The molecule has 0 N–H and O–H groups in total. The van der Waals surface area contributed by atoms with Crippen LogP contribution in [0.3, 0.4) is 0 Å². The van der Waals surface area contributed by atoms with Crippen LogP contribution >= 0.6 is 0 Å². The minimum atomic E-state index is 0.953. The van der Waals surface area contributed by atoms with Crippen molar-refractivity contribution in [3.05, 3.63) is 137 Å². The summed E-state index contributed by atoms with van der Waals surface area (Å²) >= 11 is 0. The average molecular weight is 491 g/mol. The van der Waals surface area contributed by atoms with Crippen molar-refractivity contribution in [2.75, 3.05) is 0 Å². The van der Waals surface area contributed by atoms with Crippen molar-refractivity contribution in [3.63, 3.8) is 0 Å². The molecule has 0 bridgehead atoms. The van der Waals surface area contributed by atoms with Crippen LogP contribution < -0.4 is 0 Å². The Morgan fingerprint density at radius 3 is 1.95 bits per heavy atom.